The number of aryl methyl sites for hydroxylation is 1. The van der Waals surface area contributed by atoms with Crippen molar-refractivity contribution in [2.24, 2.45) is 0 Å². The van der Waals surface area contributed by atoms with Crippen molar-refractivity contribution < 1.29 is 14.3 Å². The molecule has 0 aliphatic heterocycles. The molecule has 1 heterocycles. The Bertz CT molecular complexity index is 897. The molecule has 1 aromatic heterocycles. The molecule has 27 heavy (non-hydrogen) atoms. The first-order valence-corrected chi connectivity index (χ1v) is 8.86. The lowest BCUT2D eigenvalue weighted by Crippen LogP contribution is -2.20. The van der Waals surface area contributed by atoms with Gasteiger partial charge < -0.3 is 19.4 Å². The van der Waals surface area contributed by atoms with Gasteiger partial charge in [-0.15, -0.1) is 0 Å². The molecule has 3 rings (SSSR count). The van der Waals surface area contributed by atoms with Crippen LogP contribution in [0.2, 0.25) is 5.02 Å². The number of hydrogen-bond acceptors (Lipinski definition) is 4. The number of amides is 1. The van der Waals surface area contributed by atoms with E-state index in [0.717, 1.165) is 5.56 Å². The molecule has 0 spiro atoms. The first-order chi connectivity index (χ1) is 13.1. The van der Waals surface area contributed by atoms with E-state index in [4.69, 9.17) is 21.1 Å². The van der Waals surface area contributed by atoms with Crippen LogP contribution in [0.3, 0.4) is 0 Å². The number of hydrogen-bond donors (Lipinski definition) is 1. The number of anilines is 1. The summed E-state index contributed by atoms with van der Waals surface area (Å²) in [5.74, 6) is 0.929. The highest BCUT2D eigenvalue weighted by atomic mass is 35.5. The number of benzene rings is 2. The van der Waals surface area contributed by atoms with Crippen molar-refractivity contribution in [3.05, 3.63) is 71.8 Å². The number of nitrogens with one attached hydrogen (secondary N) is 1. The molecule has 6 nitrogen and oxygen atoms in total. The summed E-state index contributed by atoms with van der Waals surface area (Å²) in [6, 6.07) is 12.6. The summed E-state index contributed by atoms with van der Waals surface area (Å²) in [6.07, 6.45) is 5.32. The smallest absolute Gasteiger partial charge is 0.262 e. The van der Waals surface area contributed by atoms with Crippen LogP contribution in [0.1, 0.15) is 5.56 Å². The molecule has 0 aliphatic rings. The number of carbonyl (C=O) groups is 1. The minimum Gasteiger partial charge on any atom is -0.490 e. The van der Waals surface area contributed by atoms with Crippen molar-refractivity contribution in [3.8, 4) is 11.5 Å². The van der Waals surface area contributed by atoms with Gasteiger partial charge in [0.15, 0.2) is 6.61 Å². The van der Waals surface area contributed by atoms with Crippen molar-refractivity contribution in [2.75, 3.05) is 18.5 Å². The van der Waals surface area contributed by atoms with Crippen LogP contribution in [0.25, 0.3) is 0 Å². The van der Waals surface area contributed by atoms with Crippen LogP contribution < -0.4 is 14.8 Å². The molecule has 0 bridgehead atoms. The molecule has 7 heteroatoms. The molecule has 0 radical (unpaired) electrons. The Balaban J connectivity index is 1.53. The molecule has 140 valence electrons. The zero-order chi connectivity index (χ0) is 19.1. The van der Waals surface area contributed by atoms with E-state index in [2.05, 4.69) is 10.3 Å². The zero-order valence-corrected chi connectivity index (χ0v) is 15.6. The van der Waals surface area contributed by atoms with E-state index >= 15 is 0 Å². The molecule has 1 amide bonds. The second-order valence-corrected chi connectivity index (χ2v) is 6.30. The van der Waals surface area contributed by atoms with Crippen molar-refractivity contribution in [2.45, 2.75) is 13.5 Å². The van der Waals surface area contributed by atoms with Gasteiger partial charge >= 0.3 is 0 Å². The normalized spacial score (nSPS) is 10.4. The molecule has 3 aromatic rings. The van der Waals surface area contributed by atoms with Gasteiger partial charge in [0.2, 0.25) is 0 Å². The molecule has 0 saturated heterocycles. The predicted molar refractivity (Wildman–Crippen MR) is 104 cm³/mol. The van der Waals surface area contributed by atoms with E-state index in [1.54, 1.807) is 36.8 Å². The minimum atomic E-state index is -0.270. The lowest BCUT2D eigenvalue weighted by atomic mass is 10.2. The Morgan fingerprint density at radius 3 is 2.85 bits per heavy atom. The molecule has 0 aliphatic carbocycles. The van der Waals surface area contributed by atoms with Crippen LogP contribution in [0.15, 0.2) is 61.2 Å². The third-order valence-corrected chi connectivity index (χ3v) is 4.25. The number of aromatic nitrogens is 2. The fourth-order valence-corrected chi connectivity index (χ4v) is 2.54. The Morgan fingerprint density at radius 2 is 2.07 bits per heavy atom. The van der Waals surface area contributed by atoms with Crippen LogP contribution in [-0.4, -0.2) is 28.7 Å². The second kappa shape index (κ2) is 9.09. The molecular weight excluding hydrogens is 366 g/mol. The van der Waals surface area contributed by atoms with Gasteiger partial charge in [0.1, 0.15) is 18.1 Å². The van der Waals surface area contributed by atoms with E-state index in [1.165, 1.54) is 0 Å². The standard InChI is InChI=1S/C20H20ClN3O3/c1-15-12-16(6-7-17(15)21)27-13-20(25)23-18-4-2-3-5-19(18)26-11-10-24-9-8-22-14-24/h2-9,12,14H,10-11,13H2,1H3,(H,23,25). The van der Waals surface area contributed by atoms with E-state index in [1.807, 2.05) is 35.9 Å². The number of rotatable bonds is 8. The molecule has 1 N–H and O–H groups in total. The van der Waals surface area contributed by atoms with E-state index in [-0.39, 0.29) is 12.5 Å². The first-order valence-electron chi connectivity index (χ1n) is 8.48. The summed E-state index contributed by atoms with van der Waals surface area (Å²) in [5.41, 5.74) is 1.50. The Kier molecular flexibility index (Phi) is 6.33. The topological polar surface area (TPSA) is 65.4 Å². The minimum absolute atomic E-state index is 0.107. The van der Waals surface area contributed by atoms with E-state index in [0.29, 0.717) is 35.4 Å². The summed E-state index contributed by atoms with van der Waals surface area (Å²) in [7, 11) is 0. The lowest BCUT2D eigenvalue weighted by molar-refractivity contribution is -0.118. The molecular formula is C20H20ClN3O3. The van der Waals surface area contributed by atoms with Gasteiger partial charge in [-0.2, -0.15) is 0 Å². The molecule has 0 fully saturated rings. The summed E-state index contributed by atoms with van der Waals surface area (Å²) < 4.78 is 13.2. The number of ether oxygens (including phenoxy) is 2. The molecule has 2 aromatic carbocycles. The van der Waals surface area contributed by atoms with E-state index < -0.39 is 0 Å². The van der Waals surface area contributed by atoms with E-state index in [9.17, 15) is 4.79 Å². The van der Waals surface area contributed by atoms with Gasteiger partial charge in [0.05, 0.1) is 18.6 Å². The third-order valence-electron chi connectivity index (χ3n) is 3.83. The molecule has 0 saturated carbocycles. The maximum absolute atomic E-state index is 12.2. The van der Waals surface area contributed by atoms with Crippen molar-refractivity contribution in [1.82, 2.24) is 9.55 Å². The Hall–Kier alpha value is -2.99. The van der Waals surface area contributed by atoms with Gasteiger partial charge in [-0.3, -0.25) is 4.79 Å². The van der Waals surface area contributed by atoms with Gasteiger partial charge in [-0.25, -0.2) is 4.98 Å². The lowest BCUT2D eigenvalue weighted by Gasteiger charge is -2.13. The highest BCUT2D eigenvalue weighted by molar-refractivity contribution is 6.31. The van der Waals surface area contributed by atoms with Gasteiger partial charge in [0.25, 0.3) is 5.91 Å². The average Bonchev–Trinajstić information content (AvgIpc) is 3.18. The zero-order valence-electron chi connectivity index (χ0n) is 14.9. The molecule has 0 unspecified atom stereocenters. The summed E-state index contributed by atoms with van der Waals surface area (Å²) in [6.45, 7) is 2.90. The highest BCUT2D eigenvalue weighted by Crippen LogP contribution is 2.24. The highest BCUT2D eigenvalue weighted by Gasteiger charge is 2.09. The quantitative estimate of drug-likeness (QED) is 0.637. The summed E-state index contributed by atoms with van der Waals surface area (Å²) in [5, 5.41) is 3.48. The van der Waals surface area contributed by atoms with Crippen molar-refractivity contribution in [1.29, 1.82) is 0 Å². The number of imidazole rings is 1. The van der Waals surface area contributed by atoms with Gasteiger partial charge in [-0.1, -0.05) is 23.7 Å². The number of halogens is 1. The summed E-state index contributed by atoms with van der Waals surface area (Å²) in [4.78, 5) is 16.2. The van der Waals surface area contributed by atoms with Crippen LogP contribution in [0, 0.1) is 6.92 Å². The number of nitrogens with zero attached hydrogens (tertiary/aromatic N) is 2. The Labute approximate surface area is 162 Å². The predicted octanol–water partition coefficient (Wildman–Crippen LogP) is 3.94. The first kappa shape index (κ1) is 18.8. The van der Waals surface area contributed by atoms with Crippen LogP contribution >= 0.6 is 11.6 Å². The Morgan fingerprint density at radius 1 is 1.22 bits per heavy atom. The summed E-state index contributed by atoms with van der Waals surface area (Å²) >= 11 is 5.99. The van der Waals surface area contributed by atoms with Crippen molar-refractivity contribution in [3.63, 3.8) is 0 Å². The SMILES string of the molecule is Cc1cc(OCC(=O)Nc2ccccc2OCCn2ccnc2)ccc1Cl. The van der Waals surface area contributed by atoms with Crippen LogP contribution in [-0.2, 0) is 11.3 Å². The largest absolute Gasteiger partial charge is 0.490 e. The fraction of sp³-hybridized carbons (Fsp3) is 0.200. The van der Waals surface area contributed by atoms with Crippen molar-refractivity contribution >= 4 is 23.2 Å². The second-order valence-electron chi connectivity index (χ2n) is 5.89. The number of para-hydroxylation sites is 2. The molecule has 0 atom stereocenters. The van der Waals surface area contributed by atoms with Crippen LogP contribution in [0.5, 0.6) is 11.5 Å². The van der Waals surface area contributed by atoms with Crippen LogP contribution in [0.4, 0.5) is 5.69 Å². The fourth-order valence-electron chi connectivity index (χ4n) is 2.42. The maximum Gasteiger partial charge on any atom is 0.262 e. The third kappa shape index (κ3) is 5.49. The van der Waals surface area contributed by atoms with Gasteiger partial charge in [0, 0.05) is 17.4 Å². The maximum atomic E-state index is 12.2. The average molecular weight is 386 g/mol. The monoisotopic (exact) mass is 385 g/mol. The number of carbonyl (C=O) groups excluding carboxylic acids is 1. The van der Waals surface area contributed by atoms with Gasteiger partial charge in [-0.05, 0) is 42.8 Å².